The molecule has 3 rings (SSSR count). The first-order chi connectivity index (χ1) is 11.8. The highest BCUT2D eigenvalue weighted by molar-refractivity contribution is 5.85. The monoisotopic (exact) mass is 402 g/mol. The predicted octanol–water partition coefficient (Wildman–Crippen LogP) is 2.16. The van der Waals surface area contributed by atoms with Crippen LogP contribution >= 0.6 is 24.8 Å². The van der Waals surface area contributed by atoms with Crippen LogP contribution in [-0.2, 0) is 4.79 Å². The van der Waals surface area contributed by atoms with Crippen molar-refractivity contribution < 1.29 is 4.79 Å². The molecular weight excluding hydrogens is 371 g/mol. The SMILES string of the molecule is Cl.Cl.O=C(CCN1CCN(c2ccccc2)CC1)NCC1CCCNC1. The van der Waals surface area contributed by atoms with Crippen LogP contribution < -0.4 is 15.5 Å². The molecule has 1 atom stereocenters. The van der Waals surface area contributed by atoms with Crippen LogP contribution in [0.5, 0.6) is 0 Å². The number of rotatable bonds is 6. The van der Waals surface area contributed by atoms with Crippen LogP contribution in [0, 0.1) is 5.92 Å². The summed E-state index contributed by atoms with van der Waals surface area (Å²) in [4.78, 5) is 16.9. The molecular formula is C19H32Cl2N4O. The Morgan fingerprint density at radius 2 is 1.85 bits per heavy atom. The second-order valence-electron chi connectivity index (χ2n) is 6.93. The molecule has 2 N–H and O–H groups in total. The first-order valence-electron chi connectivity index (χ1n) is 9.31. The number of para-hydroxylation sites is 1. The Kier molecular flexibility index (Phi) is 11.0. The molecule has 0 bridgehead atoms. The lowest BCUT2D eigenvalue weighted by Crippen LogP contribution is -2.47. The summed E-state index contributed by atoms with van der Waals surface area (Å²) in [5.74, 6) is 0.808. The van der Waals surface area contributed by atoms with Gasteiger partial charge in [0.1, 0.15) is 0 Å². The summed E-state index contributed by atoms with van der Waals surface area (Å²) in [6.45, 7) is 8.02. The molecule has 148 valence electrons. The maximum Gasteiger partial charge on any atom is 0.221 e. The van der Waals surface area contributed by atoms with Crippen molar-refractivity contribution in [3.8, 4) is 0 Å². The van der Waals surface area contributed by atoms with Gasteiger partial charge in [-0.25, -0.2) is 0 Å². The summed E-state index contributed by atoms with van der Waals surface area (Å²) in [7, 11) is 0. The van der Waals surface area contributed by atoms with Crippen molar-refractivity contribution in [1.82, 2.24) is 15.5 Å². The summed E-state index contributed by atoms with van der Waals surface area (Å²) < 4.78 is 0. The van der Waals surface area contributed by atoms with E-state index >= 15 is 0 Å². The zero-order valence-corrected chi connectivity index (χ0v) is 17.0. The van der Waals surface area contributed by atoms with E-state index in [0.717, 1.165) is 52.4 Å². The smallest absolute Gasteiger partial charge is 0.221 e. The second-order valence-corrected chi connectivity index (χ2v) is 6.93. The highest BCUT2D eigenvalue weighted by Gasteiger charge is 2.18. The van der Waals surface area contributed by atoms with Gasteiger partial charge in [0, 0.05) is 51.4 Å². The number of anilines is 1. The second kappa shape index (κ2) is 12.4. The van der Waals surface area contributed by atoms with Crippen molar-refractivity contribution in [2.24, 2.45) is 5.92 Å². The zero-order valence-electron chi connectivity index (χ0n) is 15.4. The standard InChI is InChI=1S/C19H30N4O.2ClH/c24-19(21-16-17-5-4-9-20-15-17)8-10-22-11-13-23(14-12-22)18-6-2-1-3-7-18;;/h1-3,6-7,17,20H,4-5,8-16H2,(H,21,24);2*1H. The normalized spacial score (nSPS) is 20.6. The lowest BCUT2D eigenvalue weighted by atomic mass is 10.00. The van der Waals surface area contributed by atoms with Crippen molar-refractivity contribution in [2.75, 3.05) is 57.3 Å². The number of hydrogen-bond donors (Lipinski definition) is 2. The van der Waals surface area contributed by atoms with Gasteiger partial charge >= 0.3 is 0 Å². The maximum absolute atomic E-state index is 12.0. The Labute approximate surface area is 169 Å². The Hall–Kier alpha value is -1.01. The third-order valence-electron chi connectivity index (χ3n) is 5.14. The Morgan fingerprint density at radius 1 is 1.12 bits per heavy atom. The highest BCUT2D eigenvalue weighted by Crippen LogP contribution is 2.15. The molecule has 2 aliphatic heterocycles. The van der Waals surface area contributed by atoms with Gasteiger partial charge in [-0.05, 0) is 44.0 Å². The number of hydrogen-bond acceptors (Lipinski definition) is 4. The predicted molar refractivity (Wildman–Crippen MR) is 113 cm³/mol. The zero-order chi connectivity index (χ0) is 16.6. The average Bonchev–Trinajstić information content (AvgIpc) is 2.67. The lowest BCUT2D eigenvalue weighted by molar-refractivity contribution is -0.121. The number of piperazine rings is 1. The molecule has 0 spiro atoms. The summed E-state index contributed by atoms with van der Waals surface area (Å²) in [6, 6.07) is 10.6. The first kappa shape index (κ1) is 23.0. The number of halogens is 2. The summed E-state index contributed by atoms with van der Waals surface area (Å²) >= 11 is 0. The van der Waals surface area contributed by atoms with Crippen molar-refractivity contribution in [1.29, 1.82) is 0 Å². The number of carbonyl (C=O) groups is 1. The number of nitrogens with one attached hydrogen (secondary N) is 2. The molecule has 1 aromatic carbocycles. The number of nitrogens with zero attached hydrogens (tertiary/aromatic N) is 2. The third kappa shape index (κ3) is 7.31. The van der Waals surface area contributed by atoms with Crippen LogP contribution in [0.3, 0.4) is 0 Å². The molecule has 2 aliphatic rings. The number of amides is 1. The van der Waals surface area contributed by atoms with Crippen molar-refractivity contribution >= 4 is 36.4 Å². The van der Waals surface area contributed by atoms with Crippen LogP contribution in [0.25, 0.3) is 0 Å². The van der Waals surface area contributed by atoms with Gasteiger partial charge in [-0.15, -0.1) is 24.8 Å². The average molecular weight is 403 g/mol. The minimum Gasteiger partial charge on any atom is -0.369 e. The van der Waals surface area contributed by atoms with Crippen LogP contribution in [-0.4, -0.2) is 63.2 Å². The first-order valence-corrected chi connectivity index (χ1v) is 9.31. The van der Waals surface area contributed by atoms with E-state index in [1.54, 1.807) is 0 Å². The molecule has 26 heavy (non-hydrogen) atoms. The van der Waals surface area contributed by atoms with E-state index in [1.165, 1.54) is 18.5 Å². The van der Waals surface area contributed by atoms with Crippen LogP contribution in [0.15, 0.2) is 30.3 Å². The molecule has 2 fully saturated rings. The molecule has 1 amide bonds. The van der Waals surface area contributed by atoms with Gasteiger partial charge in [-0.1, -0.05) is 18.2 Å². The van der Waals surface area contributed by atoms with Crippen LogP contribution in [0.4, 0.5) is 5.69 Å². The number of benzene rings is 1. The summed E-state index contributed by atoms with van der Waals surface area (Å²) in [5, 5.41) is 6.51. The van der Waals surface area contributed by atoms with E-state index in [2.05, 4.69) is 50.8 Å². The molecule has 0 saturated carbocycles. The molecule has 2 saturated heterocycles. The van der Waals surface area contributed by atoms with E-state index in [0.29, 0.717) is 12.3 Å². The number of piperidine rings is 1. The fourth-order valence-corrected chi connectivity index (χ4v) is 3.57. The molecule has 7 heteroatoms. The molecule has 1 aromatic rings. The largest absolute Gasteiger partial charge is 0.369 e. The topological polar surface area (TPSA) is 47.6 Å². The molecule has 1 unspecified atom stereocenters. The van der Waals surface area contributed by atoms with Crippen LogP contribution in [0.2, 0.25) is 0 Å². The van der Waals surface area contributed by atoms with Gasteiger partial charge in [0.05, 0.1) is 0 Å². The van der Waals surface area contributed by atoms with E-state index < -0.39 is 0 Å². The summed E-state index contributed by atoms with van der Waals surface area (Å²) in [5.41, 5.74) is 1.30. The Bertz CT molecular complexity index is 504. The molecule has 5 nitrogen and oxygen atoms in total. The van der Waals surface area contributed by atoms with Gasteiger partial charge in [0.15, 0.2) is 0 Å². The Morgan fingerprint density at radius 3 is 2.50 bits per heavy atom. The quantitative estimate of drug-likeness (QED) is 0.765. The van der Waals surface area contributed by atoms with Crippen molar-refractivity contribution in [3.63, 3.8) is 0 Å². The van der Waals surface area contributed by atoms with E-state index in [4.69, 9.17) is 0 Å². The van der Waals surface area contributed by atoms with E-state index in [-0.39, 0.29) is 30.7 Å². The minimum absolute atomic E-state index is 0. The van der Waals surface area contributed by atoms with Crippen molar-refractivity contribution in [3.05, 3.63) is 30.3 Å². The van der Waals surface area contributed by atoms with E-state index in [1.807, 2.05) is 0 Å². The number of carbonyl (C=O) groups excluding carboxylic acids is 1. The van der Waals surface area contributed by atoms with Crippen LogP contribution in [0.1, 0.15) is 19.3 Å². The van der Waals surface area contributed by atoms with Crippen molar-refractivity contribution in [2.45, 2.75) is 19.3 Å². The molecule has 0 aliphatic carbocycles. The third-order valence-corrected chi connectivity index (χ3v) is 5.14. The van der Waals surface area contributed by atoms with Gasteiger partial charge < -0.3 is 15.5 Å². The molecule has 0 radical (unpaired) electrons. The lowest BCUT2D eigenvalue weighted by Gasteiger charge is -2.36. The van der Waals surface area contributed by atoms with Gasteiger partial charge in [0.25, 0.3) is 0 Å². The van der Waals surface area contributed by atoms with E-state index in [9.17, 15) is 4.79 Å². The fraction of sp³-hybridized carbons (Fsp3) is 0.632. The fourth-order valence-electron chi connectivity index (χ4n) is 3.57. The minimum atomic E-state index is 0. The summed E-state index contributed by atoms with van der Waals surface area (Å²) in [6.07, 6.45) is 3.08. The van der Waals surface area contributed by atoms with Gasteiger partial charge in [-0.3, -0.25) is 9.69 Å². The maximum atomic E-state index is 12.0. The Balaban J connectivity index is 0.00000169. The highest BCUT2D eigenvalue weighted by atomic mass is 35.5. The molecule has 2 heterocycles. The molecule has 0 aromatic heterocycles. The van der Waals surface area contributed by atoms with Gasteiger partial charge in [0.2, 0.25) is 5.91 Å². The van der Waals surface area contributed by atoms with Gasteiger partial charge in [-0.2, -0.15) is 0 Å².